The van der Waals surface area contributed by atoms with Crippen LogP contribution in [0.15, 0.2) is 35.4 Å². The first-order valence-electron chi connectivity index (χ1n) is 10.3. The number of hydrogen-bond donors (Lipinski definition) is 2. The molecule has 0 radical (unpaired) electrons. The minimum Gasteiger partial charge on any atom is -0.391 e. The molecular formula is C22H27N5O3S. The van der Waals surface area contributed by atoms with Gasteiger partial charge in [0.1, 0.15) is 0 Å². The van der Waals surface area contributed by atoms with E-state index in [4.69, 9.17) is 0 Å². The van der Waals surface area contributed by atoms with Gasteiger partial charge < -0.3 is 15.3 Å². The molecule has 0 amide bonds. The second-order valence-corrected chi connectivity index (χ2v) is 10.2. The molecule has 2 N–H and O–H groups in total. The summed E-state index contributed by atoms with van der Waals surface area (Å²) in [6, 6.07) is 7.13. The maximum Gasteiger partial charge on any atom is 0.175 e. The summed E-state index contributed by atoms with van der Waals surface area (Å²) < 4.78 is 24.2. The lowest BCUT2D eigenvalue weighted by atomic mass is 10.0. The minimum absolute atomic E-state index is 0.195. The van der Waals surface area contributed by atoms with Gasteiger partial charge in [0.05, 0.1) is 40.1 Å². The van der Waals surface area contributed by atoms with Crippen molar-refractivity contribution >= 4 is 32.2 Å². The van der Waals surface area contributed by atoms with Crippen molar-refractivity contribution in [3.63, 3.8) is 0 Å². The largest absolute Gasteiger partial charge is 0.391 e. The van der Waals surface area contributed by atoms with Crippen molar-refractivity contribution in [2.24, 2.45) is 0 Å². The fraction of sp³-hybridized carbons (Fsp3) is 0.409. The lowest BCUT2D eigenvalue weighted by Crippen LogP contribution is -2.21. The fourth-order valence-corrected chi connectivity index (χ4v) is 5.19. The smallest absolute Gasteiger partial charge is 0.175 e. The number of rotatable bonds is 5. The molecule has 0 spiro atoms. The predicted molar refractivity (Wildman–Crippen MR) is 121 cm³/mol. The third-order valence-electron chi connectivity index (χ3n) is 5.84. The van der Waals surface area contributed by atoms with Gasteiger partial charge in [-0.1, -0.05) is 12.1 Å². The monoisotopic (exact) mass is 441 g/mol. The number of pyridine rings is 1. The molecule has 0 bridgehead atoms. The van der Waals surface area contributed by atoms with Crippen LogP contribution in [0.2, 0.25) is 0 Å². The second-order valence-electron chi connectivity index (χ2n) is 8.22. The van der Waals surface area contributed by atoms with E-state index in [1.54, 1.807) is 12.1 Å². The Bertz CT molecular complexity index is 1250. The van der Waals surface area contributed by atoms with Crippen LogP contribution in [-0.2, 0) is 9.84 Å². The van der Waals surface area contributed by atoms with E-state index in [-0.39, 0.29) is 12.1 Å². The Hall–Kier alpha value is -2.78. The van der Waals surface area contributed by atoms with Gasteiger partial charge in [0.2, 0.25) is 0 Å². The molecule has 0 unspecified atom stereocenters. The molecule has 4 rings (SSSR count). The zero-order valence-corrected chi connectivity index (χ0v) is 18.9. The maximum atomic E-state index is 12.1. The molecule has 2 atom stereocenters. The van der Waals surface area contributed by atoms with E-state index in [2.05, 4.69) is 25.4 Å². The average molecular weight is 442 g/mol. The van der Waals surface area contributed by atoms with Crippen LogP contribution in [0.4, 0.5) is 11.5 Å². The van der Waals surface area contributed by atoms with Gasteiger partial charge >= 0.3 is 0 Å². The topological polar surface area (TPSA) is 108 Å². The summed E-state index contributed by atoms with van der Waals surface area (Å²) in [4.78, 5) is 7.05. The molecule has 9 heteroatoms. The molecule has 3 aromatic rings. The number of β-amino-alcohol motifs (C(OH)–C–C–N with tert-alkyl or cyclic N) is 1. The first kappa shape index (κ1) is 21.5. The lowest BCUT2D eigenvalue weighted by Gasteiger charge is -2.21. The van der Waals surface area contributed by atoms with Gasteiger partial charge in [0, 0.05) is 24.7 Å². The highest BCUT2D eigenvalue weighted by atomic mass is 32.2. The number of hydrogen-bond acceptors (Lipinski definition) is 8. The molecule has 8 nitrogen and oxygen atoms in total. The summed E-state index contributed by atoms with van der Waals surface area (Å²) in [6.07, 6.45) is 3.44. The Morgan fingerprint density at radius 2 is 2.03 bits per heavy atom. The predicted octanol–water partition coefficient (Wildman–Crippen LogP) is 2.79. The Morgan fingerprint density at radius 3 is 2.71 bits per heavy atom. The van der Waals surface area contributed by atoms with Crippen LogP contribution in [0.1, 0.15) is 36.2 Å². The van der Waals surface area contributed by atoms with E-state index < -0.39 is 9.84 Å². The minimum atomic E-state index is -3.31. The van der Waals surface area contributed by atoms with Gasteiger partial charge in [0.15, 0.2) is 15.7 Å². The van der Waals surface area contributed by atoms with E-state index in [9.17, 15) is 13.5 Å². The highest BCUT2D eigenvalue weighted by Gasteiger charge is 2.22. The van der Waals surface area contributed by atoms with Gasteiger partial charge in [-0.15, -0.1) is 5.10 Å². The third-order valence-corrected chi connectivity index (χ3v) is 7.09. The fourth-order valence-electron chi connectivity index (χ4n) is 4.19. The Labute approximate surface area is 182 Å². The van der Waals surface area contributed by atoms with Crippen LogP contribution in [0.25, 0.3) is 10.9 Å². The van der Waals surface area contributed by atoms with Crippen molar-refractivity contribution in [3.8, 4) is 0 Å². The normalized spacial score (nSPS) is 17.8. The summed E-state index contributed by atoms with van der Waals surface area (Å²) in [5, 5.41) is 22.7. The van der Waals surface area contributed by atoms with Crippen LogP contribution in [0.3, 0.4) is 0 Å². The molecule has 31 heavy (non-hydrogen) atoms. The summed E-state index contributed by atoms with van der Waals surface area (Å²) in [7, 11) is -3.31. The number of fused-ring (bicyclic) bond motifs is 1. The van der Waals surface area contributed by atoms with E-state index in [0.29, 0.717) is 17.3 Å². The number of nitrogens with one attached hydrogen (secondary N) is 1. The standard InChI is InChI=1S/C22H27N5O3S/c1-13-18(6-5-7-20(13)31(4,29)30)14(2)24-22-19-10-16(27-9-8-17(28)12-27)11-23-21(19)15(3)25-26-22/h5-7,10-11,14,17,28H,8-9,12H2,1-4H3,(H,24,26)/t14-,17+/m1/s1. The Kier molecular flexibility index (Phi) is 5.57. The zero-order valence-electron chi connectivity index (χ0n) is 18.1. The number of aromatic nitrogens is 3. The second kappa shape index (κ2) is 8.05. The van der Waals surface area contributed by atoms with E-state index in [1.807, 2.05) is 39.1 Å². The van der Waals surface area contributed by atoms with Gasteiger partial charge in [0.25, 0.3) is 0 Å². The number of aliphatic hydroxyl groups excluding tert-OH is 1. The number of aliphatic hydroxyl groups is 1. The molecule has 1 saturated heterocycles. The molecular weight excluding hydrogens is 414 g/mol. The van der Waals surface area contributed by atoms with Crippen LogP contribution in [0.5, 0.6) is 0 Å². The molecule has 1 aromatic carbocycles. The molecule has 1 fully saturated rings. The summed E-state index contributed by atoms with van der Waals surface area (Å²) in [5.41, 5.74) is 4.03. The van der Waals surface area contributed by atoms with Gasteiger partial charge in [-0.2, -0.15) is 5.10 Å². The number of aryl methyl sites for hydroxylation is 1. The van der Waals surface area contributed by atoms with Crippen LogP contribution in [0, 0.1) is 13.8 Å². The number of benzene rings is 1. The average Bonchev–Trinajstić information content (AvgIpc) is 3.15. The summed E-state index contributed by atoms with van der Waals surface area (Å²) >= 11 is 0. The first-order valence-corrected chi connectivity index (χ1v) is 12.2. The summed E-state index contributed by atoms with van der Waals surface area (Å²) in [5.74, 6) is 0.589. The Balaban J connectivity index is 1.72. The lowest BCUT2D eigenvalue weighted by molar-refractivity contribution is 0.198. The zero-order chi connectivity index (χ0) is 22.3. The van der Waals surface area contributed by atoms with Crippen molar-refractivity contribution in [1.29, 1.82) is 0 Å². The van der Waals surface area contributed by atoms with Crippen molar-refractivity contribution in [2.45, 2.75) is 44.2 Å². The van der Waals surface area contributed by atoms with Crippen molar-refractivity contribution in [3.05, 3.63) is 47.3 Å². The molecule has 2 aromatic heterocycles. The molecule has 0 aliphatic carbocycles. The van der Waals surface area contributed by atoms with Crippen LogP contribution >= 0.6 is 0 Å². The van der Waals surface area contributed by atoms with Gasteiger partial charge in [-0.05, 0) is 50.5 Å². The number of sulfone groups is 1. The molecule has 3 heterocycles. The summed E-state index contributed by atoms with van der Waals surface area (Å²) in [6.45, 7) is 7.02. The third kappa shape index (κ3) is 4.20. The highest BCUT2D eigenvalue weighted by molar-refractivity contribution is 7.90. The van der Waals surface area contributed by atoms with E-state index in [0.717, 1.165) is 46.4 Å². The maximum absolute atomic E-state index is 12.1. The molecule has 164 valence electrons. The Morgan fingerprint density at radius 1 is 1.26 bits per heavy atom. The van der Waals surface area contributed by atoms with Gasteiger partial charge in [-0.3, -0.25) is 4.98 Å². The van der Waals surface area contributed by atoms with Crippen molar-refractivity contribution < 1.29 is 13.5 Å². The van der Waals surface area contributed by atoms with Crippen molar-refractivity contribution in [1.82, 2.24) is 15.2 Å². The van der Waals surface area contributed by atoms with Crippen molar-refractivity contribution in [2.75, 3.05) is 29.6 Å². The first-order chi connectivity index (χ1) is 14.6. The molecule has 0 saturated carbocycles. The number of anilines is 2. The van der Waals surface area contributed by atoms with Gasteiger partial charge in [-0.25, -0.2) is 8.42 Å². The van der Waals surface area contributed by atoms with Crippen LogP contribution < -0.4 is 10.2 Å². The van der Waals surface area contributed by atoms with E-state index >= 15 is 0 Å². The molecule has 1 aliphatic heterocycles. The highest BCUT2D eigenvalue weighted by Crippen LogP contribution is 2.31. The molecule has 1 aliphatic rings. The SMILES string of the molecule is Cc1c([C@@H](C)Nc2nnc(C)c3ncc(N4CC[C@H](O)C4)cc23)cccc1S(C)(=O)=O. The quantitative estimate of drug-likeness (QED) is 0.622. The van der Waals surface area contributed by atoms with E-state index in [1.165, 1.54) is 6.26 Å². The number of nitrogens with zero attached hydrogens (tertiary/aromatic N) is 4. The van der Waals surface area contributed by atoms with Crippen LogP contribution in [-0.4, -0.2) is 54.2 Å².